The lowest BCUT2D eigenvalue weighted by Crippen LogP contribution is -2.53. The number of likely N-dealkylation sites (N-methyl/N-ethyl adjacent to an activating group) is 1. The topological polar surface area (TPSA) is 40.9 Å². The molecule has 1 saturated heterocycles. The normalized spacial score (nSPS) is 20.5. The maximum absolute atomic E-state index is 12.3. The van der Waals surface area contributed by atoms with Crippen LogP contribution < -0.4 is 5.56 Å². The van der Waals surface area contributed by atoms with Crippen molar-refractivity contribution < 1.29 is 0 Å². The predicted molar refractivity (Wildman–Crippen MR) is 93.0 cm³/mol. The van der Waals surface area contributed by atoms with Gasteiger partial charge in [0.15, 0.2) is 0 Å². The van der Waals surface area contributed by atoms with Gasteiger partial charge in [0.1, 0.15) is 5.65 Å². The zero-order valence-corrected chi connectivity index (χ0v) is 14.6. The van der Waals surface area contributed by atoms with Crippen molar-refractivity contribution >= 4 is 17.2 Å². The van der Waals surface area contributed by atoms with E-state index in [9.17, 15) is 4.79 Å². The van der Waals surface area contributed by atoms with Crippen LogP contribution in [0.1, 0.15) is 19.5 Å². The van der Waals surface area contributed by atoms with Crippen molar-refractivity contribution in [2.45, 2.75) is 26.4 Å². The highest BCUT2D eigenvalue weighted by atomic mass is 35.5. The molecule has 2 aromatic rings. The zero-order chi connectivity index (χ0) is 16.6. The third-order valence-electron chi connectivity index (χ3n) is 4.55. The van der Waals surface area contributed by atoms with Crippen LogP contribution in [0.2, 0.25) is 5.02 Å². The summed E-state index contributed by atoms with van der Waals surface area (Å²) < 4.78 is 1.50. The van der Waals surface area contributed by atoms with E-state index in [1.807, 2.05) is 0 Å². The molecule has 0 aromatic carbocycles. The van der Waals surface area contributed by atoms with E-state index in [4.69, 9.17) is 11.6 Å². The average Bonchev–Trinajstić information content (AvgIpc) is 2.50. The van der Waals surface area contributed by atoms with E-state index in [1.54, 1.807) is 24.4 Å². The van der Waals surface area contributed by atoms with Gasteiger partial charge in [0.25, 0.3) is 5.56 Å². The van der Waals surface area contributed by atoms with E-state index in [0.717, 1.165) is 25.3 Å². The summed E-state index contributed by atoms with van der Waals surface area (Å²) in [4.78, 5) is 21.7. The molecule has 2 aromatic heterocycles. The Morgan fingerprint density at radius 3 is 2.87 bits per heavy atom. The monoisotopic (exact) mass is 334 g/mol. The predicted octanol–water partition coefficient (Wildman–Crippen LogP) is 2.12. The van der Waals surface area contributed by atoms with Crippen molar-refractivity contribution in [3.05, 3.63) is 45.5 Å². The van der Waals surface area contributed by atoms with Gasteiger partial charge in [-0.15, -0.1) is 0 Å². The highest BCUT2D eigenvalue weighted by molar-refractivity contribution is 6.30. The lowest BCUT2D eigenvalue weighted by atomic mass is 9.99. The molecule has 124 valence electrons. The molecule has 6 heteroatoms. The summed E-state index contributed by atoms with van der Waals surface area (Å²) in [5.41, 5.74) is 1.39. The fourth-order valence-corrected chi connectivity index (χ4v) is 3.40. The summed E-state index contributed by atoms with van der Waals surface area (Å²) in [6.45, 7) is 8.32. The Balaban J connectivity index is 1.88. The second-order valence-corrected chi connectivity index (χ2v) is 7.14. The Bertz CT molecular complexity index is 758. The number of rotatable bonds is 3. The van der Waals surface area contributed by atoms with Gasteiger partial charge in [-0.3, -0.25) is 14.1 Å². The smallest absolute Gasteiger partial charge is 0.258 e. The third kappa shape index (κ3) is 3.57. The van der Waals surface area contributed by atoms with Crippen molar-refractivity contribution in [3.63, 3.8) is 0 Å². The number of fused-ring (bicyclic) bond motifs is 1. The van der Waals surface area contributed by atoms with Gasteiger partial charge in [0, 0.05) is 44.5 Å². The first-order valence-electron chi connectivity index (χ1n) is 8.04. The van der Waals surface area contributed by atoms with Gasteiger partial charge in [-0.2, -0.15) is 0 Å². The van der Waals surface area contributed by atoms with E-state index in [1.165, 1.54) is 4.40 Å². The molecule has 0 radical (unpaired) electrons. The van der Waals surface area contributed by atoms with Gasteiger partial charge in [0.05, 0.1) is 10.7 Å². The molecule has 0 amide bonds. The first-order chi connectivity index (χ1) is 10.9. The van der Waals surface area contributed by atoms with Gasteiger partial charge in [-0.25, -0.2) is 4.98 Å². The summed E-state index contributed by atoms with van der Waals surface area (Å²) in [7, 11) is 2.16. The van der Waals surface area contributed by atoms with Crippen LogP contribution in [0.4, 0.5) is 0 Å². The fourth-order valence-electron chi connectivity index (χ4n) is 3.23. The average molecular weight is 335 g/mol. The lowest BCUT2D eigenvalue weighted by molar-refractivity contribution is 0.0561. The molecule has 3 rings (SSSR count). The first kappa shape index (κ1) is 16.4. The molecule has 1 fully saturated rings. The second kappa shape index (κ2) is 6.59. The minimum Gasteiger partial charge on any atom is -0.304 e. The number of aromatic nitrogens is 2. The minimum absolute atomic E-state index is 0.0808. The van der Waals surface area contributed by atoms with Gasteiger partial charge in [-0.05, 0) is 25.1 Å². The van der Waals surface area contributed by atoms with Crippen LogP contribution in [0, 0.1) is 5.92 Å². The highest BCUT2D eigenvalue weighted by Crippen LogP contribution is 2.18. The summed E-state index contributed by atoms with van der Waals surface area (Å²) in [6.07, 6.45) is 1.61. The van der Waals surface area contributed by atoms with Crippen LogP contribution in [0.15, 0.2) is 29.2 Å². The maximum Gasteiger partial charge on any atom is 0.258 e. The largest absolute Gasteiger partial charge is 0.304 e. The Hall–Kier alpha value is -1.43. The molecular weight excluding hydrogens is 312 g/mol. The maximum atomic E-state index is 12.3. The van der Waals surface area contributed by atoms with Crippen molar-refractivity contribution in [1.82, 2.24) is 19.2 Å². The molecule has 1 unspecified atom stereocenters. The number of piperazine rings is 1. The van der Waals surface area contributed by atoms with Crippen molar-refractivity contribution in [3.8, 4) is 0 Å². The van der Waals surface area contributed by atoms with Gasteiger partial charge in [0.2, 0.25) is 0 Å². The van der Waals surface area contributed by atoms with E-state index < -0.39 is 0 Å². The Kier molecular flexibility index (Phi) is 4.71. The number of pyridine rings is 1. The summed E-state index contributed by atoms with van der Waals surface area (Å²) in [5, 5.41) is 0.535. The van der Waals surface area contributed by atoms with Crippen LogP contribution >= 0.6 is 11.6 Å². The molecule has 1 atom stereocenters. The summed E-state index contributed by atoms with van der Waals surface area (Å²) >= 11 is 5.95. The Morgan fingerprint density at radius 1 is 1.35 bits per heavy atom. The fraction of sp³-hybridized carbons (Fsp3) is 0.529. The van der Waals surface area contributed by atoms with Crippen molar-refractivity contribution in [2.24, 2.45) is 5.92 Å². The molecule has 0 spiro atoms. The molecule has 1 aliphatic rings. The highest BCUT2D eigenvalue weighted by Gasteiger charge is 2.27. The quantitative estimate of drug-likeness (QED) is 0.862. The lowest BCUT2D eigenvalue weighted by Gasteiger charge is -2.42. The van der Waals surface area contributed by atoms with E-state index in [-0.39, 0.29) is 5.56 Å². The van der Waals surface area contributed by atoms with Gasteiger partial charge < -0.3 is 4.90 Å². The second-order valence-electron chi connectivity index (χ2n) is 6.71. The molecular formula is C17H23ClN4O. The molecule has 0 bridgehead atoms. The first-order valence-corrected chi connectivity index (χ1v) is 8.42. The van der Waals surface area contributed by atoms with Crippen LogP contribution in [0.25, 0.3) is 5.65 Å². The van der Waals surface area contributed by atoms with E-state index in [2.05, 4.69) is 35.7 Å². The Morgan fingerprint density at radius 2 is 2.13 bits per heavy atom. The van der Waals surface area contributed by atoms with Crippen molar-refractivity contribution in [1.29, 1.82) is 0 Å². The molecule has 0 saturated carbocycles. The summed E-state index contributed by atoms with van der Waals surface area (Å²) in [5.74, 6) is 0.568. The third-order valence-corrected chi connectivity index (χ3v) is 4.77. The molecule has 0 aliphatic carbocycles. The molecule has 3 heterocycles. The minimum atomic E-state index is -0.0808. The SMILES string of the molecule is CC(C)C1CN(C)CCN1Cc1cc(=O)n2cc(Cl)ccc2n1. The standard InChI is InChI=1S/C17H23ClN4O/c1-12(2)15-11-20(3)6-7-21(15)10-14-8-17(23)22-9-13(18)4-5-16(22)19-14/h4-5,8-9,12,15H,6-7,10-11H2,1-3H3. The number of halogens is 1. The van der Waals surface area contributed by atoms with Crippen LogP contribution in [-0.2, 0) is 6.54 Å². The summed E-state index contributed by atoms with van der Waals surface area (Å²) in [6, 6.07) is 5.66. The number of hydrogen-bond acceptors (Lipinski definition) is 4. The van der Waals surface area contributed by atoms with Crippen LogP contribution in [-0.4, -0.2) is 51.9 Å². The molecule has 23 heavy (non-hydrogen) atoms. The van der Waals surface area contributed by atoms with Crippen molar-refractivity contribution in [2.75, 3.05) is 26.7 Å². The molecule has 1 aliphatic heterocycles. The number of hydrogen-bond donors (Lipinski definition) is 0. The number of nitrogens with zero attached hydrogens (tertiary/aromatic N) is 4. The Labute approximate surface area is 141 Å². The molecule has 0 N–H and O–H groups in total. The van der Waals surface area contributed by atoms with Crippen LogP contribution in [0.5, 0.6) is 0 Å². The van der Waals surface area contributed by atoms with Crippen LogP contribution in [0.3, 0.4) is 0 Å². The van der Waals surface area contributed by atoms with Gasteiger partial charge in [-0.1, -0.05) is 25.4 Å². The van der Waals surface area contributed by atoms with E-state index >= 15 is 0 Å². The van der Waals surface area contributed by atoms with Gasteiger partial charge >= 0.3 is 0 Å². The molecule has 5 nitrogen and oxygen atoms in total. The van der Waals surface area contributed by atoms with E-state index in [0.29, 0.717) is 29.2 Å². The zero-order valence-electron chi connectivity index (χ0n) is 13.9.